The minimum absolute atomic E-state index is 0.674. The van der Waals surface area contributed by atoms with Crippen molar-refractivity contribution in [1.82, 2.24) is 0 Å². The zero-order chi connectivity index (χ0) is 8.20. The second-order valence-corrected chi connectivity index (χ2v) is 1.86. The van der Waals surface area contributed by atoms with E-state index in [1.165, 1.54) is 17.9 Å². The quantitative estimate of drug-likeness (QED) is 0.460. The first-order chi connectivity index (χ1) is 4.63. The van der Waals surface area contributed by atoms with E-state index in [9.17, 15) is 4.79 Å². The summed E-state index contributed by atoms with van der Waals surface area (Å²) in [6, 6.07) is 0. The van der Waals surface area contributed by atoms with Gasteiger partial charge in [0.2, 0.25) is 0 Å². The monoisotopic (exact) mass is 132 g/mol. The Morgan fingerprint density at radius 3 is 1.50 bits per heavy atom. The molecule has 0 aliphatic rings. The van der Waals surface area contributed by atoms with Gasteiger partial charge in [-0.05, 0) is 6.92 Å². The first-order valence-electron chi connectivity index (χ1n) is 2.53. The number of hydrogen-bond donors (Lipinski definition) is 0. The number of nitrogens with zero attached hydrogens (tertiary/aromatic N) is 3. The van der Waals surface area contributed by atoms with Gasteiger partial charge in [-0.15, -0.1) is 17.9 Å². The van der Waals surface area contributed by atoms with Gasteiger partial charge in [0.1, 0.15) is 0 Å². The number of nitriles is 3. The van der Waals surface area contributed by atoms with Gasteiger partial charge in [0.15, 0.2) is 0 Å². The molecule has 0 saturated carbocycles. The van der Waals surface area contributed by atoms with Gasteiger partial charge >= 0.3 is 6.15 Å². The van der Waals surface area contributed by atoms with Crippen LogP contribution in [0, 0.1) is 33.7 Å². The smallest absolute Gasteiger partial charge is 0.342 e. The Morgan fingerprint density at radius 1 is 1.20 bits per heavy atom. The molecule has 0 atom stereocenters. The molecule has 0 aliphatic heterocycles. The Labute approximate surface area is 58.2 Å². The zero-order valence-electron chi connectivity index (χ0n) is 5.33. The maximum absolute atomic E-state index is 10.5. The zero-order valence-corrected chi connectivity index (χ0v) is 5.33. The fraction of sp³-hybridized carbons (Fsp3) is 0.200. The van der Waals surface area contributed by atoms with E-state index in [1.54, 1.807) is 0 Å². The van der Waals surface area contributed by atoms with Crippen LogP contribution in [0.3, 0.4) is 0 Å². The third-order valence-corrected chi connectivity index (χ3v) is 1.19. The third-order valence-electron chi connectivity index (χ3n) is 1.19. The molecule has 0 spiro atoms. The lowest BCUT2D eigenvalue weighted by Crippen LogP contribution is -2.38. The van der Waals surface area contributed by atoms with Gasteiger partial charge < -0.3 is 4.79 Å². The molecule has 0 N–H and O–H groups in total. The predicted molar refractivity (Wildman–Crippen MR) is 33.3 cm³/mol. The Bertz CT molecular complexity index is 241. The van der Waals surface area contributed by atoms with E-state index >= 15 is 0 Å². The molecule has 0 aliphatic carbocycles. The molecule has 0 fully saturated rings. The Hall–Kier alpha value is -1.80. The van der Waals surface area contributed by atoms with Crippen LogP contribution in [0.2, 0.25) is 0 Å². The Balaban J connectivity index is 5.00. The summed E-state index contributed by atoms with van der Waals surface area (Å²) in [5.41, 5.74) is -0.674. The molecular weight excluding hydrogens is 129 g/mol. The van der Waals surface area contributed by atoms with Crippen molar-refractivity contribution >= 4 is 11.8 Å². The van der Waals surface area contributed by atoms with Crippen LogP contribution in [0.1, 0.15) is 6.92 Å². The maximum atomic E-state index is 10.5. The van der Waals surface area contributed by atoms with E-state index in [2.05, 4.69) is 0 Å². The Morgan fingerprint density at radius 2 is 1.50 bits per heavy atom. The molecule has 0 unspecified atom stereocenters. The molecule has 0 radical (unpaired) electrons. The maximum Gasteiger partial charge on any atom is 0.354 e. The van der Waals surface area contributed by atoms with Crippen molar-refractivity contribution in [2.75, 3.05) is 0 Å². The molecule has 10 heavy (non-hydrogen) atoms. The minimum Gasteiger partial charge on any atom is -0.342 e. The van der Waals surface area contributed by atoms with Crippen molar-refractivity contribution < 1.29 is 4.79 Å². The van der Waals surface area contributed by atoms with E-state index < -0.39 is 11.8 Å². The number of carbonyl (C=O) groups excluding carboxylic acids is 1. The van der Waals surface area contributed by atoms with Gasteiger partial charge in [-0.1, -0.05) is 0 Å². The molecule has 4 nitrogen and oxygen atoms in total. The van der Waals surface area contributed by atoms with Crippen LogP contribution in [0.15, 0.2) is 0 Å². The highest BCUT2D eigenvalue weighted by Gasteiger charge is 2.29. The third kappa shape index (κ3) is 0.964. The Kier molecular flexibility index (Phi) is 2.19. The summed E-state index contributed by atoms with van der Waals surface area (Å²) in [4.78, 5) is 10.5. The van der Waals surface area contributed by atoms with Crippen LogP contribution in [-0.4, -0.2) is 11.8 Å². The lowest BCUT2D eigenvalue weighted by molar-refractivity contribution is -0.110. The van der Waals surface area contributed by atoms with Crippen LogP contribution >= 0.6 is 0 Å². The first kappa shape index (κ1) is 8.20. The predicted octanol–water partition coefficient (Wildman–Crippen LogP) is -0.248. The SMILES string of the molecule is CC(=O)[B-](C#N)(C#N)C#N. The van der Waals surface area contributed by atoms with Gasteiger partial charge in [0, 0.05) is 5.68 Å². The van der Waals surface area contributed by atoms with Crippen LogP contribution in [-0.2, 0) is 4.79 Å². The fourth-order valence-electron chi connectivity index (χ4n) is 0.359. The largest absolute Gasteiger partial charge is 0.354 e. The van der Waals surface area contributed by atoms with Gasteiger partial charge in [0.05, 0.1) is 0 Å². The molecule has 0 aromatic rings. The highest BCUT2D eigenvalue weighted by Crippen LogP contribution is 1.97. The van der Waals surface area contributed by atoms with E-state index in [0.717, 1.165) is 6.92 Å². The van der Waals surface area contributed by atoms with Crippen molar-refractivity contribution in [2.24, 2.45) is 0 Å². The minimum atomic E-state index is -2.74. The van der Waals surface area contributed by atoms with Crippen LogP contribution in [0.5, 0.6) is 0 Å². The summed E-state index contributed by atoms with van der Waals surface area (Å²) >= 11 is 0. The topological polar surface area (TPSA) is 88.4 Å². The van der Waals surface area contributed by atoms with Gasteiger partial charge in [-0.25, -0.2) is 15.8 Å². The average Bonchev–Trinajstić information content (AvgIpc) is 1.92. The second kappa shape index (κ2) is 2.66. The molecule has 0 heterocycles. The number of hydrogen-bond acceptors (Lipinski definition) is 4. The summed E-state index contributed by atoms with van der Waals surface area (Å²) in [6.45, 7) is 1.07. The van der Waals surface area contributed by atoms with Crippen molar-refractivity contribution in [1.29, 1.82) is 15.8 Å². The highest BCUT2D eigenvalue weighted by molar-refractivity contribution is 7.20. The standard InChI is InChI=1S/C5H3BN3O/c1-5(10)6(2-7,3-8)4-9/h1H3/q-1. The summed E-state index contributed by atoms with van der Waals surface area (Å²) < 4.78 is 0. The summed E-state index contributed by atoms with van der Waals surface area (Å²) in [5, 5.41) is 24.8. The van der Waals surface area contributed by atoms with Gasteiger partial charge in [-0.2, -0.15) is 0 Å². The van der Waals surface area contributed by atoms with E-state index in [0.29, 0.717) is 0 Å². The van der Waals surface area contributed by atoms with E-state index in [1.807, 2.05) is 0 Å². The van der Waals surface area contributed by atoms with Crippen LogP contribution in [0.25, 0.3) is 0 Å². The van der Waals surface area contributed by atoms with Crippen molar-refractivity contribution in [3.05, 3.63) is 0 Å². The molecule has 48 valence electrons. The van der Waals surface area contributed by atoms with E-state index in [-0.39, 0.29) is 0 Å². The molecule has 0 aromatic carbocycles. The molecule has 0 rings (SSSR count). The van der Waals surface area contributed by atoms with Crippen molar-refractivity contribution in [2.45, 2.75) is 6.92 Å². The lowest BCUT2D eigenvalue weighted by atomic mass is 9.26. The van der Waals surface area contributed by atoms with Crippen molar-refractivity contribution in [3.8, 4) is 17.9 Å². The van der Waals surface area contributed by atoms with Crippen molar-refractivity contribution in [3.63, 3.8) is 0 Å². The number of rotatable bonds is 1. The van der Waals surface area contributed by atoms with E-state index in [4.69, 9.17) is 15.8 Å². The summed E-state index contributed by atoms with van der Waals surface area (Å²) in [7, 11) is 0. The van der Waals surface area contributed by atoms with Gasteiger partial charge in [-0.3, -0.25) is 0 Å². The second-order valence-electron chi connectivity index (χ2n) is 1.86. The number of carbonyl (C=O) groups is 1. The van der Waals surface area contributed by atoms with Crippen LogP contribution < -0.4 is 0 Å². The molecule has 0 bridgehead atoms. The first-order valence-corrected chi connectivity index (χ1v) is 2.53. The highest BCUT2D eigenvalue weighted by atomic mass is 16.1. The molecular formula is C5H3BN3O-. The van der Waals surface area contributed by atoms with Gasteiger partial charge in [0.25, 0.3) is 0 Å². The summed E-state index contributed by atoms with van der Waals surface area (Å²) in [5.74, 6) is 4.22. The fourth-order valence-corrected chi connectivity index (χ4v) is 0.359. The molecule has 0 amide bonds. The molecule has 0 saturated heterocycles. The summed E-state index contributed by atoms with van der Waals surface area (Å²) in [6.07, 6.45) is -2.74. The van der Waals surface area contributed by atoms with Crippen LogP contribution in [0.4, 0.5) is 0 Å². The normalized spacial score (nSPS) is 8.60. The molecule has 5 heteroatoms. The lowest BCUT2D eigenvalue weighted by Gasteiger charge is -2.08. The molecule has 0 aromatic heterocycles. The average molecular weight is 132 g/mol.